The molecule has 27 heavy (non-hydrogen) atoms. The van der Waals surface area contributed by atoms with E-state index in [4.69, 9.17) is 15.0 Å². The second-order valence-corrected chi connectivity index (χ2v) is 8.07. The number of imidazole rings is 1. The van der Waals surface area contributed by atoms with Gasteiger partial charge in [-0.1, -0.05) is 12.8 Å². The largest absolute Gasteiger partial charge is 0.342 e. The number of anilines is 2. The summed E-state index contributed by atoms with van der Waals surface area (Å²) >= 11 is 0. The van der Waals surface area contributed by atoms with Gasteiger partial charge in [0.05, 0.1) is 29.7 Å². The fraction of sp³-hybridized carbons (Fsp3) is 0.353. The van der Waals surface area contributed by atoms with E-state index in [1.165, 1.54) is 37.1 Å². The molecule has 0 spiro atoms. The Kier molecular flexibility index (Phi) is 4.54. The van der Waals surface area contributed by atoms with Gasteiger partial charge in [0.2, 0.25) is 10.0 Å². The lowest BCUT2D eigenvalue weighted by Gasteiger charge is -2.21. The minimum Gasteiger partial charge on any atom is -0.342 e. The van der Waals surface area contributed by atoms with E-state index >= 15 is 0 Å². The van der Waals surface area contributed by atoms with Gasteiger partial charge in [-0.2, -0.15) is 10.0 Å². The minimum absolute atomic E-state index is 0.0256. The molecule has 3 N–H and O–H groups in total. The van der Waals surface area contributed by atoms with Crippen molar-refractivity contribution in [3.8, 4) is 0 Å². The first-order valence-corrected chi connectivity index (χ1v) is 10.2. The molecule has 1 fully saturated rings. The number of primary sulfonamides is 1. The Morgan fingerprint density at radius 1 is 1.19 bits per heavy atom. The lowest BCUT2D eigenvalue weighted by atomic mass is 10.0. The number of hydrogen-bond acceptors (Lipinski definition) is 7. The number of H-pyrrole nitrogens is 1. The summed E-state index contributed by atoms with van der Waals surface area (Å²) in [6.45, 7) is 0. The zero-order valence-corrected chi connectivity index (χ0v) is 15.6. The lowest BCUT2D eigenvalue weighted by molar-refractivity contribution is 0.197. The van der Waals surface area contributed by atoms with Crippen molar-refractivity contribution in [1.82, 2.24) is 19.9 Å². The fourth-order valence-electron chi connectivity index (χ4n) is 3.50. The van der Waals surface area contributed by atoms with Crippen molar-refractivity contribution in [1.29, 1.82) is 0 Å². The first kappa shape index (κ1) is 17.8. The molecule has 9 nitrogen and oxygen atoms in total. The number of aromatic nitrogens is 4. The molecule has 1 aromatic carbocycles. The highest BCUT2D eigenvalue weighted by Crippen LogP contribution is 2.37. The predicted octanol–water partition coefficient (Wildman–Crippen LogP) is 2.36. The SMILES string of the molecule is CON(c1ccc(S(N)(=O)=O)cc1)c1nc(C2CCCC2)c2[nH]cnc2n1. The molecule has 142 valence electrons. The van der Waals surface area contributed by atoms with E-state index < -0.39 is 10.0 Å². The number of sulfonamides is 1. The molecule has 1 aliphatic carbocycles. The van der Waals surface area contributed by atoms with Gasteiger partial charge in [-0.15, -0.1) is 0 Å². The van der Waals surface area contributed by atoms with Crippen molar-refractivity contribution >= 4 is 32.8 Å². The maximum atomic E-state index is 11.5. The van der Waals surface area contributed by atoms with Crippen LogP contribution in [-0.2, 0) is 14.9 Å². The molecule has 4 rings (SSSR count). The third-order valence-corrected chi connectivity index (χ3v) is 5.74. The quantitative estimate of drug-likeness (QED) is 0.642. The minimum atomic E-state index is -3.76. The second kappa shape index (κ2) is 6.87. The van der Waals surface area contributed by atoms with Crippen molar-refractivity contribution < 1.29 is 13.3 Å². The normalized spacial score (nSPS) is 15.5. The molecule has 2 aromatic heterocycles. The molecule has 0 aliphatic heterocycles. The Balaban J connectivity index is 1.77. The topological polar surface area (TPSA) is 127 Å². The Labute approximate surface area is 156 Å². The standard InChI is InChI=1S/C17H20N6O3S/c1-26-23(12-6-8-13(9-7-12)27(18,24)25)17-21-14(11-4-2-3-5-11)15-16(22-17)20-10-19-15/h6-11H,2-5H2,1H3,(H2,18,24,25)(H,19,20,21,22). The van der Waals surface area contributed by atoms with Crippen LogP contribution in [-0.4, -0.2) is 35.5 Å². The molecule has 3 aromatic rings. The Morgan fingerprint density at radius 3 is 2.52 bits per heavy atom. The number of benzene rings is 1. The molecule has 10 heteroatoms. The zero-order valence-electron chi connectivity index (χ0n) is 14.8. The summed E-state index contributed by atoms with van der Waals surface area (Å²) < 4.78 is 22.9. The summed E-state index contributed by atoms with van der Waals surface area (Å²) in [4.78, 5) is 22.2. The summed E-state index contributed by atoms with van der Waals surface area (Å²) in [5.74, 6) is 0.709. The number of rotatable bonds is 5. The van der Waals surface area contributed by atoms with Crippen LogP contribution in [0.4, 0.5) is 11.6 Å². The average Bonchev–Trinajstić information content (AvgIpc) is 3.33. The highest BCUT2D eigenvalue weighted by atomic mass is 32.2. The molecular weight excluding hydrogens is 368 g/mol. The maximum absolute atomic E-state index is 11.5. The van der Waals surface area contributed by atoms with Crippen LogP contribution in [0.2, 0.25) is 0 Å². The molecular formula is C17H20N6O3S. The first-order chi connectivity index (χ1) is 13.0. The Hall–Kier alpha value is -2.56. The van der Waals surface area contributed by atoms with Gasteiger partial charge in [-0.25, -0.2) is 23.5 Å². The van der Waals surface area contributed by atoms with Crippen LogP contribution < -0.4 is 10.2 Å². The molecule has 2 heterocycles. The molecule has 0 radical (unpaired) electrons. The molecule has 0 unspecified atom stereocenters. The van der Waals surface area contributed by atoms with Gasteiger partial charge in [0.25, 0.3) is 5.95 Å². The number of nitrogens with zero attached hydrogens (tertiary/aromatic N) is 4. The summed E-state index contributed by atoms with van der Waals surface area (Å²) in [6.07, 6.45) is 6.14. The van der Waals surface area contributed by atoms with Crippen LogP contribution in [0.15, 0.2) is 35.5 Å². The monoisotopic (exact) mass is 388 g/mol. The molecule has 0 amide bonds. The van der Waals surface area contributed by atoms with Gasteiger partial charge >= 0.3 is 0 Å². The molecule has 0 saturated heterocycles. The number of nitrogens with two attached hydrogens (primary N) is 1. The van der Waals surface area contributed by atoms with E-state index in [9.17, 15) is 8.42 Å². The van der Waals surface area contributed by atoms with E-state index in [1.54, 1.807) is 18.5 Å². The van der Waals surface area contributed by atoms with Crippen molar-refractivity contribution in [2.24, 2.45) is 5.14 Å². The number of hydrogen-bond donors (Lipinski definition) is 2. The third kappa shape index (κ3) is 3.38. The van der Waals surface area contributed by atoms with Crippen molar-refractivity contribution in [3.63, 3.8) is 0 Å². The van der Waals surface area contributed by atoms with Crippen LogP contribution >= 0.6 is 0 Å². The highest BCUT2D eigenvalue weighted by Gasteiger charge is 2.25. The van der Waals surface area contributed by atoms with Gasteiger partial charge in [-0.3, -0.25) is 4.84 Å². The van der Waals surface area contributed by atoms with E-state index in [-0.39, 0.29) is 4.90 Å². The van der Waals surface area contributed by atoms with Crippen LogP contribution in [0.25, 0.3) is 11.2 Å². The van der Waals surface area contributed by atoms with Gasteiger partial charge < -0.3 is 4.98 Å². The van der Waals surface area contributed by atoms with E-state index in [1.807, 2.05) is 0 Å². The van der Waals surface area contributed by atoms with Crippen molar-refractivity contribution in [2.45, 2.75) is 36.5 Å². The second-order valence-electron chi connectivity index (χ2n) is 6.51. The molecule has 1 saturated carbocycles. The predicted molar refractivity (Wildman–Crippen MR) is 99.9 cm³/mol. The number of aromatic amines is 1. The van der Waals surface area contributed by atoms with Gasteiger partial charge in [0.15, 0.2) is 5.65 Å². The Morgan fingerprint density at radius 2 is 1.89 bits per heavy atom. The van der Waals surface area contributed by atoms with Crippen molar-refractivity contribution in [2.75, 3.05) is 12.2 Å². The van der Waals surface area contributed by atoms with Crippen LogP contribution in [0.3, 0.4) is 0 Å². The first-order valence-electron chi connectivity index (χ1n) is 8.65. The number of fused-ring (bicyclic) bond motifs is 1. The lowest BCUT2D eigenvalue weighted by Crippen LogP contribution is -2.19. The van der Waals surface area contributed by atoms with Crippen LogP contribution in [0.5, 0.6) is 0 Å². The third-order valence-electron chi connectivity index (χ3n) is 4.81. The van der Waals surface area contributed by atoms with Crippen LogP contribution in [0.1, 0.15) is 37.3 Å². The Bertz CT molecular complexity index is 1060. The average molecular weight is 388 g/mol. The molecule has 0 atom stereocenters. The van der Waals surface area contributed by atoms with Gasteiger partial charge in [0.1, 0.15) is 5.52 Å². The van der Waals surface area contributed by atoms with Crippen LogP contribution in [0, 0.1) is 0 Å². The summed E-state index contributed by atoms with van der Waals surface area (Å²) in [5, 5.41) is 6.60. The zero-order chi connectivity index (χ0) is 19.0. The summed E-state index contributed by atoms with van der Waals surface area (Å²) in [7, 11) is -2.26. The summed E-state index contributed by atoms with van der Waals surface area (Å²) in [5.41, 5.74) is 2.95. The summed E-state index contributed by atoms with van der Waals surface area (Å²) in [6, 6.07) is 6.02. The fourth-order valence-corrected chi connectivity index (χ4v) is 4.02. The van der Waals surface area contributed by atoms with E-state index in [2.05, 4.69) is 15.0 Å². The van der Waals surface area contributed by atoms with Crippen molar-refractivity contribution in [3.05, 3.63) is 36.3 Å². The maximum Gasteiger partial charge on any atom is 0.257 e. The van der Waals surface area contributed by atoms with Gasteiger partial charge in [0, 0.05) is 5.92 Å². The smallest absolute Gasteiger partial charge is 0.257 e. The highest BCUT2D eigenvalue weighted by molar-refractivity contribution is 7.89. The van der Waals surface area contributed by atoms with E-state index in [0.717, 1.165) is 24.1 Å². The molecule has 0 bridgehead atoms. The van der Waals surface area contributed by atoms with E-state index in [0.29, 0.717) is 23.2 Å². The molecule has 1 aliphatic rings. The number of nitrogens with one attached hydrogen (secondary N) is 1. The van der Waals surface area contributed by atoms with Gasteiger partial charge in [-0.05, 0) is 37.1 Å².